The Morgan fingerprint density at radius 2 is 2.04 bits per heavy atom. The molecule has 0 atom stereocenters. The Bertz CT molecular complexity index is 830. The monoisotopic (exact) mass is 364 g/mol. The van der Waals surface area contributed by atoms with E-state index in [4.69, 9.17) is 4.74 Å². The van der Waals surface area contributed by atoms with Crippen molar-refractivity contribution in [3.63, 3.8) is 0 Å². The van der Waals surface area contributed by atoms with Crippen LogP contribution in [-0.2, 0) is 11.3 Å². The van der Waals surface area contributed by atoms with Crippen LogP contribution in [-0.4, -0.2) is 36.9 Å². The first-order valence-electron chi connectivity index (χ1n) is 9.07. The molecule has 2 aromatic carbocycles. The third kappa shape index (κ3) is 4.56. The van der Waals surface area contributed by atoms with Crippen LogP contribution < -0.4 is 9.64 Å². The van der Waals surface area contributed by atoms with E-state index in [9.17, 15) is 9.59 Å². The predicted octanol–water partition coefficient (Wildman–Crippen LogP) is 3.65. The van der Waals surface area contributed by atoms with Crippen LogP contribution in [0.25, 0.3) is 0 Å². The first kappa shape index (κ1) is 18.7. The lowest BCUT2D eigenvalue weighted by atomic mass is 10.1. The Hall–Kier alpha value is -3.08. The number of amides is 2. The molecule has 0 saturated carbocycles. The van der Waals surface area contributed by atoms with Gasteiger partial charge >= 0.3 is 0 Å². The van der Waals surface area contributed by atoms with Gasteiger partial charge in [-0.15, -0.1) is 0 Å². The lowest BCUT2D eigenvalue weighted by Gasteiger charge is -2.20. The summed E-state index contributed by atoms with van der Waals surface area (Å²) in [5.41, 5.74) is 2.39. The van der Waals surface area contributed by atoms with Gasteiger partial charge in [-0.05, 0) is 42.3 Å². The van der Waals surface area contributed by atoms with Gasteiger partial charge in [0.15, 0.2) is 0 Å². The van der Waals surface area contributed by atoms with Gasteiger partial charge in [0, 0.05) is 37.8 Å². The maximum Gasteiger partial charge on any atom is 0.253 e. The van der Waals surface area contributed by atoms with Crippen LogP contribution >= 0.6 is 0 Å². The topological polar surface area (TPSA) is 49.9 Å². The average Bonchev–Trinajstić information content (AvgIpc) is 3.13. The molecule has 0 aliphatic carbocycles. The van der Waals surface area contributed by atoms with Crippen molar-refractivity contribution in [2.75, 3.05) is 25.1 Å². The molecule has 1 saturated heterocycles. The maximum atomic E-state index is 12.8. The summed E-state index contributed by atoms with van der Waals surface area (Å²) in [6.07, 6.45) is 3.14. The smallest absolute Gasteiger partial charge is 0.253 e. The van der Waals surface area contributed by atoms with E-state index in [2.05, 4.69) is 6.58 Å². The SMILES string of the molecule is C=CCOc1ccc(CN(C)C(=O)c2cccc(N3CCCC3=O)c2)cc1. The first-order chi connectivity index (χ1) is 13.1. The maximum absolute atomic E-state index is 12.8. The number of hydrogen-bond donors (Lipinski definition) is 0. The van der Waals surface area contributed by atoms with E-state index < -0.39 is 0 Å². The van der Waals surface area contributed by atoms with E-state index in [1.54, 1.807) is 35.1 Å². The number of benzene rings is 2. The van der Waals surface area contributed by atoms with Gasteiger partial charge < -0.3 is 14.5 Å². The highest BCUT2D eigenvalue weighted by Gasteiger charge is 2.22. The van der Waals surface area contributed by atoms with Gasteiger partial charge in [-0.1, -0.05) is 30.9 Å². The van der Waals surface area contributed by atoms with Gasteiger partial charge in [0.1, 0.15) is 12.4 Å². The third-order valence-corrected chi connectivity index (χ3v) is 4.54. The zero-order chi connectivity index (χ0) is 19.2. The summed E-state index contributed by atoms with van der Waals surface area (Å²) >= 11 is 0. The normalized spacial score (nSPS) is 13.5. The third-order valence-electron chi connectivity index (χ3n) is 4.54. The molecule has 2 amide bonds. The minimum absolute atomic E-state index is 0.0736. The molecule has 0 aromatic heterocycles. The lowest BCUT2D eigenvalue weighted by molar-refractivity contribution is -0.117. The largest absolute Gasteiger partial charge is 0.490 e. The van der Waals surface area contributed by atoms with E-state index in [0.29, 0.717) is 31.7 Å². The van der Waals surface area contributed by atoms with Crippen molar-refractivity contribution in [1.29, 1.82) is 0 Å². The van der Waals surface area contributed by atoms with Crippen LogP contribution in [0.2, 0.25) is 0 Å². The van der Waals surface area contributed by atoms with Crippen molar-refractivity contribution in [1.82, 2.24) is 4.90 Å². The van der Waals surface area contributed by atoms with Crippen molar-refractivity contribution in [2.24, 2.45) is 0 Å². The number of carbonyl (C=O) groups is 2. The van der Waals surface area contributed by atoms with Crippen molar-refractivity contribution >= 4 is 17.5 Å². The summed E-state index contributed by atoms with van der Waals surface area (Å²) in [5, 5.41) is 0. The van der Waals surface area contributed by atoms with Crippen LogP contribution in [0.5, 0.6) is 5.75 Å². The average molecular weight is 364 g/mol. The molecule has 0 spiro atoms. The van der Waals surface area contributed by atoms with Crippen molar-refractivity contribution in [2.45, 2.75) is 19.4 Å². The summed E-state index contributed by atoms with van der Waals surface area (Å²) in [4.78, 5) is 28.2. The molecule has 140 valence electrons. The Kier molecular flexibility index (Phi) is 5.91. The minimum Gasteiger partial charge on any atom is -0.490 e. The molecule has 5 nitrogen and oxygen atoms in total. The molecule has 0 unspecified atom stereocenters. The fourth-order valence-corrected chi connectivity index (χ4v) is 3.14. The number of ether oxygens (including phenoxy) is 1. The van der Waals surface area contributed by atoms with E-state index in [1.807, 2.05) is 36.4 Å². The summed E-state index contributed by atoms with van der Waals surface area (Å²) < 4.78 is 5.47. The van der Waals surface area contributed by atoms with E-state index in [0.717, 1.165) is 23.4 Å². The second-order valence-electron chi connectivity index (χ2n) is 6.60. The highest BCUT2D eigenvalue weighted by atomic mass is 16.5. The molecule has 3 rings (SSSR count). The summed E-state index contributed by atoms with van der Waals surface area (Å²) in [7, 11) is 1.78. The molecule has 2 aromatic rings. The van der Waals surface area contributed by atoms with Crippen molar-refractivity contribution in [3.8, 4) is 5.75 Å². The number of rotatable bonds is 7. The molecule has 0 radical (unpaired) electrons. The second kappa shape index (κ2) is 8.54. The predicted molar refractivity (Wildman–Crippen MR) is 106 cm³/mol. The van der Waals surface area contributed by atoms with Gasteiger partial charge in [0.05, 0.1) is 0 Å². The highest BCUT2D eigenvalue weighted by molar-refractivity contribution is 5.99. The van der Waals surface area contributed by atoms with Gasteiger partial charge in [0.2, 0.25) is 5.91 Å². The fraction of sp³-hybridized carbons (Fsp3) is 0.273. The zero-order valence-corrected chi connectivity index (χ0v) is 15.6. The van der Waals surface area contributed by atoms with Crippen molar-refractivity contribution in [3.05, 3.63) is 72.3 Å². The molecule has 1 aliphatic heterocycles. The molecule has 1 fully saturated rings. The first-order valence-corrected chi connectivity index (χ1v) is 9.07. The molecule has 1 heterocycles. The van der Waals surface area contributed by atoms with Gasteiger partial charge in [0.25, 0.3) is 5.91 Å². The minimum atomic E-state index is -0.0736. The highest BCUT2D eigenvalue weighted by Crippen LogP contribution is 2.23. The number of hydrogen-bond acceptors (Lipinski definition) is 3. The quantitative estimate of drug-likeness (QED) is 0.705. The Labute approximate surface area is 159 Å². The fourth-order valence-electron chi connectivity index (χ4n) is 3.14. The number of anilines is 1. The summed E-state index contributed by atoms with van der Waals surface area (Å²) in [5.74, 6) is 0.817. The van der Waals surface area contributed by atoms with Crippen LogP contribution in [0, 0.1) is 0 Å². The Morgan fingerprint density at radius 1 is 1.26 bits per heavy atom. The molecule has 1 aliphatic rings. The molecular formula is C22H24N2O3. The zero-order valence-electron chi connectivity index (χ0n) is 15.6. The van der Waals surface area contributed by atoms with Crippen LogP contribution in [0.4, 0.5) is 5.69 Å². The van der Waals surface area contributed by atoms with E-state index in [-0.39, 0.29) is 11.8 Å². The standard InChI is InChI=1S/C22H24N2O3/c1-3-14-27-20-11-9-17(10-12-20)16-23(2)22(26)18-6-4-7-19(15-18)24-13-5-8-21(24)25/h3-4,6-7,9-12,15H,1,5,8,13-14,16H2,2H3. The number of carbonyl (C=O) groups excluding carboxylic acids is 2. The molecule has 5 heteroatoms. The molecule has 0 N–H and O–H groups in total. The lowest BCUT2D eigenvalue weighted by Crippen LogP contribution is -2.27. The molecular weight excluding hydrogens is 340 g/mol. The number of nitrogens with zero attached hydrogens (tertiary/aromatic N) is 2. The van der Waals surface area contributed by atoms with Gasteiger partial charge in [-0.2, -0.15) is 0 Å². The van der Waals surface area contributed by atoms with E-state index >= 15 is 0 Å². The van der Waals surface area contributed by atoms with Gasteiger partial charge in [-0.25, -0.2) is 0 Å². The van der Waals surface area contributed by atoms with Crippen LogP contribution in [0.1, 0.15) is 28.8 Å². The summed E-state index contributed by atoms with van der Waals surface area (Å²) in [6, 6.07) is 15.0. The Balaban J connectivity index is 1.66. The van der Waals surface area contributed by atoms with E-state index in [1.165, 1.54) is 0 Å². The van der Waals surface area contributed by atoms with Crippen LogP contribution in [0.3, 0.4) is 0 Å². The Morgan fingerprint density at radius 3 is 2.70 bits per heavy atom. The van der Waals surface area contributed by atoms with Gasteiger partial charge in [-0.3, -0.25) is 9.59 Å². The molecule has 27 heavy (non-hydrogen) atoms. The molecule has 0 bridgehead atoms. The second-order valence-corrected chi connectivity index (χ2v) is 6.60. The van der Waals surface area contributed by atoms with Crippen molar-refractivity contribution < 1.29 is 14.3 Å². The van der Waals surface area contributed by atoms with Crippen LogP contribution in [0.15, 0.2) is 61.2 Å². The summed E-state index contributed by atoms with van der Waals surface area (Å²) in [6.45, 7) is 5.30.